The van der Waals surface area contributed by atoms with Gasteiger partial charge in [0.25, 0.3) is 5.91 Å². The molecule has 2 amide bonds. The summed E-state index contributed by atoms with van der Waals surface area (Å²) in [5.41, 5.74) is 2.55. The molecule has 0 radical (unpaired) electrons. The smallest absolute Gasteiger partial charge is 0.253 e. The maximum absolute atomic E-state index is 13.0. The van der Waals surface area contributed by atoms with E-state index in [1.165, 1.54) is 0 Å². The van der Waals surface area contributed by atoms with E-state index in [9.17, 15) is 9.59 Å². The lowest BCUT2D eigenvalue weighted by atomic mass is 10.1. The van der Waals surface area contributed by atoms with Crippen LogP contribution >= 0.6 is 46.4 Å². The lowest BCUT2D eigenvalue weighted by Gasteiger charge is -2.18. The Morgan fingerprint density at radius 1 is 1.03 bits per heavy atom. The first-order valence-corrected chi connectivity index (χ1v) is 12.7. The number of benzene rings is 2. The number of amides is 2. The Morgan fingerprint density at radius 2 is 1.70 bits per heavy atom. The lowest BCUT2D eigenvalue weighted by Crippen LogP contribution is -2.34. The fraction of sp³-hybridized carbons (Fsp3) is 0.440. The Kier molecular flexibility index (Phi) is 8.60. The number of halogens is 4. The molecule has 3 rings (SSSR count). The van der Waals surface area contributed by atoms with Gasteiger partial charge in [-0.25, -0.2) is 0 Å². The van der Waals surface area contributed by atoms with Crippen LogP contribution in [0.4, 0.5) is 5.69 Å². The van der Waals surface area contributed by atoms with Crippen LogP contribution in [0.1, 0.15) is 66.9 Å². The van der Waals surface area contributed by atoms with Gasteiger partial charge in [0.1, 0.15) is 4.33 Å². The van der Waals surface area contributed by atoms with E-state index in [1.54, 1.807) is 24.3 Å². The molecule has 1 aliphatic rings. The third-order valence-corrected chi connectivity index (χ3v) is 7.34. The Bertz CT molecular complexity index is 1010. The summed E-state index contributed by atoms with van der Waals surface area (Å²) in [6.45, 7) is 6.09. The van der Waals surface area contributed by atoms with Crippen molar-refractivity contribution in [2.24, 2.45) is 5.92 Å². The summed E-state index contributed by atoms with van der Waals surface area (Å²) in [6.07, 6.45) is 3.74. The van der Waals surface area contributed by atoms with Crippen molar-refractivity contribution in [3.63, 3.8) is 0 Å². The van der Waals surface area contributed by atoms with Crippen molar-refractivity contribution in [3.05, 3.63) is 63.1 Å². The van der Waals surface area contributed by atoms with Gasteiger partial charge in [-0.1, -0.05) is 56.0 Å². The molecule has 1 fully saturated rings. The van der Waals surface area contributed by atoms with Crippen LogP contribution in [-0.4, -0.2) is 22.2 Å². The molecule has 0 aromatic heterocycles. The van der Waals surface area contributed by atoms with E-state index in [0.717, 1.165) is 36.8 Å². The number of anilines is 1. The van der Waals surface area contributed by atoms with Crippen LogP contribution in [0.25, 0.3) is 0 Å². The van der Waals surface area contributed by atoms with Crippen molar-refractivity contribution in [1.29, 1.82) is 0 Å². The van der Waals surface area contributed by atoms with Gasteiger partial charge in [-0.15, -0.1) is 23.2 Å². The van der Waals surface area contributed by atoms with Crippen molar-refractivity contribution in [1.82, 2.24) is 5.32 Å². The number of alkyl halides is 2. The third-order valence-electron chi connectivity index (χ3n) is 5.85. The van der Waals surface area contributed by atoms with Crippen LogP contribution in [0, 0.1) is 12.8 Å². The van der Waals surface area contributed by atoms with Crippen LogP contribution in [0.5, 0.6) is 0 Å². The van der Waals surface area contributed by atoms with Gasteiger partial charge in [0.05, 0.1) is 16.5 Å². The van der Waals surface area contributed by atoms with Crippen molar-refractivity contribution < 1.29 is 9.59 Å². The SMILES string of the molecule is CCCC(CCC)NC(=O)c1cc(NC(=O)C2C(c3cc(C)cc(Cl)c3)C2(Cl)Cl)ccc1Cl. The molecular weight excluding hydrogens is 502 g/mol. The number of nitrogens with one attached hydrogen (secondary N) is 2. The molecular formula is C25H28Cl4N2O2. The summed E-state index contributed by atoms with van der Waals surface area (Å²) < 4.78 is -1.23. The molecule has 2 aromatic rings. The molecule has 4 nitrogen and oxygen atoms in total. The van der Waals surface area contributed by atoms with Gasteiger partial charge < -0.3 is 10.6 Å². The van der Waals surface area contributed by atoms with E-state index in [2.05, 4.69) is 24.5 Å². The Balaban J connectivity index is 1.74. The summed E-state index contributed by atoms with van der Waals surface area (Å²) in [5, 5.41) is 6.78. The lowest BCUT2D eigenvalue weighted by molar-refractivity contribution is -0.117. The Morgan fingerprint density at radius 3 is 2.30 bits per heavy atom. The summed E-state index contributed by atoms with van der Waals surface area (Å²) in [5.74, 6) is -1.61. The van der Waals surface area contributed by atoms with Gasteiger partial charge in [-0.3, -0.25) is 9.59 Å². The fourth-order valence-electron chi connectivity index (χ4n) is 4.26. The first-order valence-electron chi connectivity index (χ1n) is 11.1. The highest BCUT2D eigenvalue weighted by Gasteiger charge is 2.67. The second-order valence-electron chi connectivity index (χ2n) is 8.62. The average molecular weight is 530 g/mol. The predicted molar refractivity (Wildman–Crippen MR) is 138 cm³/mol. The Labute approximate surface area is 215 Å². The quantitative estimate of drug-likeness (QED) is 0.330. The van der Waals surface area contributed by atoms with E-state index >= 15 is 0 Å². The first-order chi connectivity index (χ1) is 15.6. The second kappa shape index (κ2) is 10.9. The number of hydrogen-bond donors (Lipinski definition) is 2. The third kappa shape index (κ3) is 6.16. The van der Waals surface area contributed by atoms with Gasteiger partial charge in [0.2, 0.25) is 5.91 Å². The molecule has 2 unspecified atom stereocenters. The van der Waals surface area contributed by atoms with Crippen molar-refractivity contribution >= 4 is 63.9 Å². The van der Waals surface area contributed by atoms with Gasteiger partial charge >= 0.3 is 0 Å². The van der Waals surface area contributed by atoms with Crippen molar-refractivity contribution in [2.45, 2.75) is 62.7 Å². The number of hydrogen-bond acceptors (Lipinski definition) is 2. The highest BCUT2D eigenvalue weighted by molar-refractivity contribution is 6.53. The molecule has 178 valence electrons. The molecule has 1 saturated carbocycles. The molecule has 1 aliphatic carbocycles. The standard InChI is InChI=1S/C25H28Cl4N2O2/c1-4-6-17(7-5-2)30-23(32)19-13-18(8-9-20(19)27)31-24(33)22-21(25(22,28)29)15-10-14(3)11-16(26)12-15/h8-13,17,21-22H,4-7H2,1-3H3,(H,30,32)(H,31,33). The van der Waals surface area contributed by atoms with Crippen LogP contribution in [-0.2, 0) is 4.79 Å². The maximum atomic E-state index is 13.0. The van der Waals surface area contributed by atoms with Crippen LogP contribution in [0.15, 0.2) is 36.4 Å². The molecule has 2 N–H and O–H groups in total. The number of carbonyl (C=O) groups excluding carboxylic acids is 2. The fourth-order valence-corrected chi connectivity index (χ4v) is 5.59. The van der Waals surface area contributed by atoms with E-state index in [0.29, 0.717) is 21.3 Å². The van der Waals surface area contributed by atoms with Crippen molar-refractivity contribution in [3.8, 4) is 0 Å². The molecule has 0 spiro atoms. The van der Waals surface area contributed by atoms with Crippen LogP contribution < -0.4 is 10.6 Å². The zero-order chi connectivity index (χ0) is 24.3. The summed E-state index contributed by atoms with van der Waals surface area (Å²) >= 11 is 25.4. The zero-order valence-electron chi connectivity index (χ0n) is 18.9. The molecule has 2 atom stereocenters. The molecule has 0 bridgehead atoms. The Hall–Kier alpha value is -1.46. The van der Waals surface area contributed by atoms with Gasteiger partial charge in [0.15, 0.2) is 0 Å². The second-order valence-corrected chi connectivity index (χ2v) is 10.9. The molecule has 0 heterocycles. The van der Waals surface area contributed by atoms with Crippen LogP contribution in [0.2, 0.25) is 10.0 Å². The molecule has 8 heteroatoms. The highest BCUT2D eigenvalue weighted by atomic mass is 35.5. The zero-order valence-corrected chi connectivity index (χ0v) is 21.9. The minimum absolute atomic E-state index is 0.0864. The van der Waals surface area contributed by atoms with Gasteiger partial charge in [0, 0.05) is 22.7 Å². The minimum Gasteiger partial charge on any atom is -0.349 e. The van der Waals surface area contributed by atoms with E-state index in [4.69, 9.17) is 46.4 Å². The average Bonchev–Trinajstić information content (AvgIpc) is 3.31. The van der Waals surface area contributed by atoms with E-state index in [1.807, 2.05) is 19.1 Å². The van der Waals surface area contributed by atoms with Crippen LogP contribution in [0.3, 0.4) is 0 Å². The summed E-state index contributed by atoms with van der Waals surface area (Å²) in [4.78, 5) is 25.9. The molecule has 0 saturated heterocycles. The van der Waals surface area contributed by atoms with Crippen molar-refractivity contribution in [2.75, 3.05) is 5.32 Å². The van der Waals surface area contributed by atoms with Gasteiger partial charge in [-0.2, -0.15) is 0 Å². The number of carbonyl (C=O) groups is 2. The van der Waals surface area contributed by atoms with Gasteiger partial charge in [-0.05, 0) is 61.2 Å². The summed E-state index contributed by atoms with van der Waals surface area (Å²) in [6, 6.07) is 10.5. The summed E-state index contributed by atoms with van der Waals surface area (Å²) in [7, 11) is 0. The first kappa shape index (κ1) is 26.2. The molecule has 2 aromatic carbocycles. The predicted octanol–water partition coefficient (Wildman–Crippen LogP) is 7.53. The maximum Gasteiger partial charge on any atom is 0.253 e. The largest absolute Gasteiger partial charge is 0.349 e. The number of aryl methyl sites for hydroxylation is 1. The molecule has 33 heavy (non-hydrogen) atoms. The minimum atomic E-state index is -1.23. The van der Waals surface area contributed by atoms with E-state index in [-0.39, 0.29) is 23.8 Å². The normalized spacial score (nSPS) is 18.8. The molecule has 0 aliphatic heterocycles. The highest BCUT2D eigenvalue weighted by Crippen LogP contribution is 2.65. The monoisotopic (exact) mass is 528 g/mol. The topological polar surface area (TPSA) is 58.2 Å². The van der Waals surface area contributed by atoms with E-state index < -0.39 is 10.3 Å². The number of rotatable bonds is 9.